The Balaban J connectivity index is 0.000000339. The highest BCUT2D eigenvalue weighted by Gasteiger charge is 2.19. The Morgan fingerprint density at radius 3 is 2.32 bits per heavy atom. The second kappa shape index (κ2) is 14.1. The van der Waals surface area contributed by atoms with E-state index in [1.807, 2.05) is 20.8 Å². The van der Waals surface area contributed by atoms with Gasteiger partial charge in [-0.25, -0.2) is 0 Å². The largest absolute Gasteiger partial charge is 0.460 e. The molecule has 0 saturated heterocycles. The van der Waals surface area contributed by atoms with Crippen molar-refractivity contribution in [3.8, 4) is 0 Å². The molecule has 1 atom stereocenters. The van der Waals surface area contributed by atoms with Crippen LogP contribution in [0.4, 0.5) is 5.69 Å². The summed E-state index contributed by atoms with van der Waals surface area (Å²) >= 11 is 3.44. The van der Waals surface area contributed by atoms with Crippen molar-refractivity contribution < 1.29 is 9.53 Å². The monoisotopic (exact) mass is 493 g/mol. The molecule has 1 aliphatic rings. The van der Waals surface area contributed by atoms with Gasteiger partial charge in [0.25, 0.3) is 0 Å². The maximum atomic E-state index is 11.7. The third kappa shape index (κ3) is 12.5. The molecule has 176 valence electrons. The lowest BCUT2D eigenvalue weighted by molar-refractivity contribution is -0.155. The van der Waals surface area contributed by atoms with Crippen LogP contribution >= 0.6 is 15.9 Å². The Hall–Kier alpha value is -1.16. The quantitative estimate of drug-likeness (QED) is 0.322. The van der Waals surface area contributed by atoms with Crippen molar-refractivity contribution in [1.82, 2.24) is 0 Å². The summed E-state index contributed by atoms with van der Waals surface area (Å²) in [6, 6.07) is 6.31. The summed E-state index contributed by atoms with van der Waals surface area (Å²) in [7, 11) is 0. The second-order valence-corrected chi connectivity index (χ2v) is 11.0. The normalized spacial score (nSPS) is 14.3. The Morgan fingerprint density at radius 1 is 1.10 bits per heavy atom. The summed E-state index contributed by atoms with van der Waals surface area (Å²) in [6.07, 6.45) is 10.4. The molecule has 0 radical (unpaired) electrons. The fourth-order valence-electron chi connectivity index (χ4n) is 3.97. The fraction of sp³-hybridized carbons (Fsp3) is 0.704. The molecule has 1 aromatic carbocycles. The van der Waals surface area contributed by atoms with E-state index >= 15 is 0 Å². The topological polar surface area (TPSA) is 38.7 Å². The zero-order valence-electron chi connectivity index (χ0n) is 20.9. The van der Waals surface area contributed by atoms with Gasteiger partial charge in [-0.15, -0.1) is 0 Å². The molecule has 3 nitrogen and oxygen atoms in total. The first-order valence-electron chi connectivity index (χ1n) is 12.1. The van der Waals surface area contributed by atoms with E-state index in [2.05, 4.69) is 66.8 Å². The minimum Gasteiger partial charge on any atom is -0.460 e. The predicted molar refractivity (Wildman–Crippen MR) is 137 cm³/mol. The summed E-state index contributed by atoms with van der Waals surface area (Å²) < 4.78 is 6.48. The first kappa shape index (κ1) is 27.9. The lowest BCUT2D eigenvalue weighted by Gasteiger charge is -2.22. The van der Waals surface area contributed by atoms with Crippen LogP contribution in [-0.4, -0.2) is 17.3 Å². The van der Waals surface area contributed by atoms with Crippen molar-refractivity contribution in [2.24, 2.45) is 16.8 Å². The molecule has 0 aliphatic carbocycles. The van der Waals surface area contributed by atoms with Crippen molar-refractivity contribution in [2.75, 3.05) is 0 Å². The molecule has 0 N–H and O–H groups in total. The summed E-state index contributed by atoms with van der Waals surface area (Å²) in [5, 5.41) is 0. The predicted octanol–water partition coefficient (Wildman–Crippen LogP) is 8.84. The maximum absolute atomic E-state index is 11.7. The van der Waals surface area contributed by atoms with Crippen LogP contribution in [0, 0.1) is 11.8 Å². The molecule has 1 aliphatic heterocycles. The Morgan fingerprint density at radius 2 is 1.74 bits per heavy atom. The zero-order valence-corrected chi connectivity index (χ0v) is 22.5. The van der Waals surface area contributed by atoms with Gasteiger partial charge in [0.15, 0.2) is 0 Å². The van der Waals surface area contributed by atoms with Gasteiger partial charge in [-0.05, 0) is 76.5 Å². The highest BCUT2D eigenvalue weighted by Crippen LogP contribution is 2.28. The van der Waals surface area contributed by atoms with Gasteiger partial charge in [0.05, 0.1) is 5.69 Å². The number of hydrogen-bond acceptors (Lipinski definition) is 3. The van der Waals surface area contributed by atoms with Crippen molar-refractivity contribution in [3.63, 3.8) is 0 Å². The van der Waals surface area contributed by atoms with E-state index in [9.17, 15) is 4.79 Å². The van der Waals surface area contributed by atoms with Crippen molar-refractivity contribution >= 4 is 33.3 Å². The standard InChI is InChI=1S/C17H34O2.C10H10BrN/c1-7-9-15(10-8-2)12-11-14(3)13-16(18)19-17(4,5)6;1-7-2-3-8-4-5-9(11)6-10(8)12-7/h14-15H,7-13H2,1-6H3;4-6H,2-3H2,1H3. The number of carbonyl (C=O) groups is 1. The van der Waals surface area contributed by atoms with Gasteiger partial charge in [0, 0.05) is 16.6 Å². The van der Waals surface area contributed by atoms with Gasteiger partial charge < -0.3 is 4.74 Å². The number of fused-ring (bicyclic) bond motifs is 1. The van der Waals surface area contributed by atoms with Gasteiger partial charge in [0.2, 0.25) is 0 Å². The fourth-order valence-corrected chi connectivity index (χ4v) is 4.32. The SMILES string of the molecule is CC1=Nc2cc(Br)ccc2CC1.CCCC(CCC)CCC(C)CC(=O)OC(C)(C)C. The molecule has 0 bridgehead atoms. The maximum Gasteiger partial charge on any atom is 0.306 e. The van der Waals surface area contributed by atoms with Crippen LogP contribution in [0.25, 0.3) is 0 Å². The lowest BCUT2D eigenvalue weighted by Crippen LogP contribution is -2.25. The third-order valence-corrected chi connectivity index (χ3v) is 6.00. The molecule has 0 spiro atoms. The number of ether oxygens (including phenoxy) is 1. The van der Waals surface area contributed by atoms with E-state index in [-0.39, 0.29) is 11.6 Å². The zero-order chi connectivity index (χ0) is 23.4. The van der Waals surface area contributed by atoms with E-state index in [0.29, 0.717) is 12.3 Å². The van der Waals surface area contributed by atoms with Crippen LogP contribution in [-0.2, 0) is 16.0 Å². The van der Waals surface area contributed by atoms with Crippen LogP contribution in [0.15, 0.2) is 27.7 Å². The molecule has 1 aromatic rings. The highest BCUT2D eigenvalue weighted by molar-refractivity contribution is 9.10. The number of halogens is 1. The van der Waals surface area contributed by atoms with E-state index in [1.54, 1.807) is 0 Å². The van der Waals surface area contributed by atoms with E-state index in [4.69, 9.17) is 4.74 Å². The number of aliphatic imine (C=N–C) groups is 1. The van der Waals surface area contributed by atoms with Crippen LogP contribution in [0.5, 0.6) is 0 Å². The van der Waals surface area contributed by atoms with Crippen molar-refractivity contribution in [1.29, 1.82) is 0 Å². The summed E-state index contributed by atoms with van der Waals surface area (Å²) in [5.41, 5.74) is 3.38. The highest BCUT2D eigenvalue weighted by atomic mass is 79.9. The van der Waals surface area contributed by atoms with Gasteiger partial charge >= 0.3 is 5.97 Å². The van der Waals surface area contributed by atoms with Crippen LogP contribution in [0.3, 0.4) is 0 Å². The molecule has 2 rings (SSSR count). The van der Waals surface area contributed by atoms with E-state index in [1.165, 1.54) is 43.4 Å². The van der Waals surface area contributed by atoms with E-state index < -0.39 is 0 Å². The smallest absolute Gasteiger partial charge is 0.306 e. The summed E-state index contributed by atoms with van der Waals surface area (Å²) in [5.74, 6) is 1.23. The first-order chi connectivity index (χ1) is 14.5. The summed E-state index contributed by atoms with van der Waals surface area (Å²) in [6.45, 7) is 14.5. The summed E-state index contributed by atoms with van der Waals surface area (Å²) in [4.78, 5) is 16.2. The van der Waals surface area contributed by atoms with Gasteiger partial charge in [-0.1, -0.05) is 74.9 Å². The van der Waals surface area contributed by atoms with Crippen LogP contribution in [0.1, 0.15) is 105 Å². The number of carbonyl (C=O) groups excluding carboxylic acids is 1. The second-order valence-electron chi connectivity index (χ2n) is 10.0. The molecule has 0 fully saturated rings. The molecular weight excluding hydrogens is 450 g/mol. The number of esters is 1. The number of rotatable bonds is 9. The molecule has 31 heavy (non-hydrogen) atoms. The van der Waals surface area contributed by atoms with Crippen molar-refractivity contribution in [2.45, 2.75) is 112 Å². The first-order valence-corrected chi connectivity index (χ1v) is 12.9. The molecule has 1 unspecified atom stereocenters. The van der Waals surface area contributed by atoms with Gasteiger partial charge in [0.1, 0.15) is 5.60 Å². The number of hydrogen-bond donors (Lipinski definition) is 0. The third-order valence-electron chi connectivity index (χ3n) is 5.51. The lowest BCUT2D eigenvalue weighted by atomic mass is 9.89. The molecule has 0 saturated carbocycles. The molecule has 1 heterocycles. The number of benzene rings is 1. The van der Waals surface area contributed by atoms with Crippen LogP contribution in [0.2, 0.25) is 0 Å². The Labute approximate surface area is 199 Å². The van der Waals surface area contributed by atoms with Gasteiger partial charge in [-0.3, -0.25) is 9.79 Å². The average Bonchev–Trinajstić information content (AvgIpc) is 2.65. The molecular formula is C27H44BrNO2. The Kier molecular flexibility index (Phi) is 12.7. The minimum absolute atomic E-state index is 0.0532. The Bertz CT molecular complexity index is 700. The number of aryl methyl sites for hydroxylation is 1. The van der Waals surface area contributed by atoms with Gasteiger partial charge in [-0.2, -0.15) is 0 Å². The molecule has 4 heteroatoms. The number of nitrogens with zero attached hydrogens (tertiary/aromatic N) is 1. The minimum atomic E-state index is -0.357. The molecule has 0 aromatic heterocycles. The average molecular weight is 495 g/mol. The van der Waals surface area contributed by atoms with Crippen molar-refractivity contribution in [3.05, 3.63) is 28.2 Å². The van der Waals surface area contributed by atoms with E-state index in [0.717, 1.165) is 35.3 Å². The molecule has 0 amide bonds. The van der Waals surface area contributed by atoms with Crippen LogP contribution < -0.4 is 0 Å².